The largest absolute Gasteiger partial charge is 0 e. The van der Waals surface area contributed by atoms with Gasteiger partial charge in [-0.15, -0.1) is 0 Å². The molecule has 0 spiro atoms. The molecule has 0 atom stereocenters. The Morgan fingerprint density at radius 3 is 1.40 bits per heavy atom. The Labute approximate surface area is 49.5 Å². The third-order valence-corrected chi connectivity index (χ3v) is 0. The summed E-state index contributed by atoms with van der Waals surface area (Å²) in [5.41, 5.74) is 0. The van der Waals surface area contributed by atoms with Crippen LogP contribution >= 0.6 is 6.15 Å². The zero-order valence-corrected chi connectivity index (χ0v) is 5.46. The van der Waals surface area contributed by atoms with E-state index in [2.05, 4.69) is 0 Å². The molecule has 0 aromatic heterocycles. The fraction of sp³-hybridized carbons (Fsp3) is 0. The maximum atomic E-state index is 9.01. The van der Waals surface area contributed by atoms with Crippen LogP contribution in [0.1, 0.15) is 0 Å². The van der Waals surface area contributed by atoms with Gasteiger partial charge in [0.05, 0.1) is 0 Å². The van der Waals surface area contributed by atoms with Crippen LogP contribution in [0.5, 0.6) is 0 Å². The summed E-state index contributed by atoms with van der Waals surface area (Å²) in [7, 11) is 0. The SMILES string of the molecule is O=[P](=O)[V].[Fe]. The van der Waals surface area contributed by atoms with E-state index in [0.29, 0.717) is 0 Å². The fourth-order valence-corrected chi connectivity index (χ4v) is 0. The molecule has 0 aliphatic carbocycles. The molecule has 0 N–H and O–H groups in total. The molecule has 5 heteroatoms. The topological polar surface area (TPSA) is 34.1 Å². The van der Waals surface area contributed by atoms with E-state index in [4.69, 9.17) is 9.13 Å². The van der Waals surface area contributed by atoms with E-state index in [0.717, 1.165) is 0 Å². The Kier molecular flexibility index (Phi) is 9.38. The van der Waals surface area contributed by atoms with Crippen LogP contribution in [0.15, 0.2) is 0 Å². The molecule has 0 aromatic carbocycles. The Morgan fingerprint density at radius 1 is 1.40 bits per heavy atom. The zero-order valence-electron chi connectivity index (χ0n) is 2.06. The van der Waals surface area contributed by atoms with E-state index in [1.54, 1.807) is 0 Å². The second-order valence-corrected chi connectivity index (χ2v) is 2.24. The first-order chi connectivity index (χ1) is 1.73. The van der Waals surface area contributed by atoms with Crippen LogP contribution in [-0.2, 0) is 43.2 Å². The average molecular weight is 170 g/mol. The van der Waals surface area contributed by atoms with Gasteiger partial charge in [-0.05, 0) is 0 Å². The summed E-state index contributed by atoms with van der Waals surface area (Å²) in [6.07, 6.45) is -2.18. The van der Waals surface area contributed by atoms with Gasteiger partial charge in [-0.3, -0.25) is 0 Å². The Balaban J connectivity index is 0. The molecule has 0 aromatic rings. The van der Waals surface area contributed by atoms with Gasteiger partial charge < -0.3 is 0 Å². The van der Waals surface area contributed by atoms with Crippen molar-refractivity contribution in [2.45, 2.75) is 0 Å². The molecule has 0 aliphatic heterocycles. The molecule has 0 radical (unpaired) electrons. The summed E-state index contributed by atoms with van der Waals surface area (Å²) in [4.78, 5) is 0. The maximum absolute atomic E-state index is 9.01. The molecule has 0 unspecified atom stereocenters. The van der Waals surface area contributed by atoms with Gasteiger partial charge >= 0.3 is 32.2 Å². The van der Waals surface area contributed by atoms with Crippen molar-refractivity contribution in [1.82, 2.24) is 0 Å². The first-order valence-corrected chi connectivity index (χ1v) is 3.57. The van der Waals surface area contributed by atoms with Crippen molar-refractivity contribution in [1.29, 1.82) is 0 Å². The molecule has 30 valence electrons. The van der Waals surface area contributed by atoms with Crippen molar-refractivity contribution in [3.05, 3.63) is 0 Å². The van der Waals surface area contributed by atoms with Gasteiger partial charge in [-0.1, -0.05) is 0 Å². The molecule has 5 heavy (non-hydrogen) atoms. The monoisotopic (exact) mass is 170 g/mol. The van der Waals surface area contributed by atoms with Gasteiger partial charge in [-0.2, -0.15) is 0 Å². The first-order valence-electron chi connectivity index (χ1n) is 0.565. The molecule has 0 amide bonds. The van der Waals surface area contributed by atoms with E-state index in [1.807, 2.05) is 0 Å². The van der Waals surface area contributed by atoms with Crippen LogP contribution in [0.3, 0.4) is 0 Å². The van der Waals surface area contributed by atoms with Crippen LogP contribution in [0.4, 0.5) is 0 Å². The van der Waals surface area contributed by atoms with E-state index >= 15 is 0 Å². The molecule has 0 heterocycles. The van der Waals surface area contributed by atoms with Crippen molar-refractivity contribution < 1.29 is 43.2 Å². The minimum absolute atomic E-state index is 0. The minimum Gasteiger partial charge on any atom is 0 e. The zero-order chi connectivity index (χ0) is 3.58. The minimum atomic E-state index is -2.18. The summed E-state index contributed by atoms with van der Waals surface area (Å²) in [5, 5.41) is 0. The van der Waals surface area contributed by atoms with Crippen molar-refractivity contribution in [3.8, 4) is 0 Å². The Bertz CT molecular complexity index is 58.0. The van der Waals surface area contributed by atoms with Gasteiger partial charge in [0.15, 0.2) is 0 Å². The molecular formula is FeO2PV. The molecule has 0 saturated heterocycles. The van der Waals surface area contributed by atoms with E-state index < -0.39 is 6.15 Å². The normalized spacial score (nSPS) is 4.80. The number of rotatable bonds is 0. The molecule has 0 rings (SSSR count). The van der Waals surface area contributed by atoms with Gasteiger partial charge in [0.25, 0.3) is 0 Å². The third-order valence-electron chi connectivity index (χ3n) is 0. The number of hydrogen-bond acceptors (Lipinski definition) is 2. The average Bonchev–Trinajstić information content (AvgIpc) is 0.811. The second-order valence-electron chi connectivity index (χ2n) is 0.238. The second kappa shape index (κ2) is 5.00. The predicted octanol–water partition coefficient (Wildman–Crippen LogP) is 0.619. The van der Waals surface area contributed by atoms with Gasteiger partial charge in [0.1, 0.15) is 0 Å². The van der Waals surface area contributed by atoms with Crippen molar-refractivity contribution in [2.75, 3.05) is 0 Å². The molecule has 0 saturated carbocycles. The molecule has 0 fully saturated rings. The fourth-order valence-electron chi connectivity index (χ4n) is 0. The predicted molar refractivity (Wildman–Crippen MR) is 8.29 cm³/mol. The summed E-state index contributed by atoms with van der Waals surface area (Å²) in [5.74, 6) is 0. The third kappa shape index (κ3) is 44.8. The van der Waals surface area contributed by atoms with Crippen molar-refractivity contribution in [3.63, 3.8) is 0 Å². The molecule has 0 aliphatic rings. The molecule has 0 bridgehead atoms. The quantitative estimate of drug-likeness (QED) is 0.394. The standard InChI is InChI=1S/Fe.O2P.V/c;1-3-2;. The van der Waals surface area contributed by atoms with E-state index in [9.17, 15) is 0 Å². The molecule has 2 nitrogen and oxygen atoms in total. The first kappa shape index (κ1) is 9.38. The van der Waals surface area contributed by atoms with Crippen molar-refractivity contribution in [2.24, 2.45) is 0 Å². The smallest absolute Gasteiger partial charge is 0 e. The van der Waals surface area contributed by atoms with Crippen LogP contribution < -0.4 is 0 Å². The Morgan fingerprint density at radius 2 is 1.40 bits per heavy atom. The Hall–Kier alpha value is 1.00. The summed E-state index contributed by atoms with van der Waals surface area (Å²) in [6, 6.07) is 0. The van der Waals surface area contributed by atoms with E-state index in [1.165, 1.54) is 17.0 Å². The summed E-state index contributed by atoms with van der Waals surface area (Å²) in [6.45, 7) is 0. The van der Waals surface area contributed by atoms with Crippen LogP contribution in [0.2, 0.25) is 0 Å². The van der Waals surface area contributed by atoms with Crippen LogP contribution in [-0.4, -0.2) is 0 Å². The van der Waals surface area contributed by atoms with Gasteiger partial charge in [-0.25, -0.2) is 0 Å². The van der Waals surface area contributed by atoms with Crippen LogP contribution in [0, 0.1) is 0 Å². The van der Waals surface area contributed by atoms with Crippen molar-refractivity contribution >= 4 is 6.15 Å². The molecular weight excluding hydrogens is 170 g/mol. The van der Waals surface area contributed by atoms with Gasteiger partial charge in [0.2, 0.25) is 0 Å². The van der Waals surface area contributed by atoms with Crippen LogP contribution in [0.25, 0.3) is 0 Å². The summed E-state index contributed by atoms with van der Waals surface area (Å²) < 4.78 is 18.0. The maximum Gasteiger partial charge on any atom is 0 e. The summed E-state index contributed by atoms with van der Waals surface area (Å²) >= 11 is 1.49. The van der Waals surface area contributed by atoms with Gasteiger partial charge in [0, 0.05) is 17.1 Å². The number of hydrogen-bond donors (Lipinski definition) is 0. The van der Waals surface area contributed by atoms with E-state index in [-0.39, 0.29) is 17.1 Å².